The van der Waals surface area contributed by atoms with Gasteiger partial charge in [0, 0.05) is 17.4 Å². The van der Waals surface area contributed by atoms with E-state index < -0.39 is 0 Å². The zero-order valence-electron chi connectivity index (χ0n) is 24.3. The van der Waals surface area contributed by atoms with Gasteiger partial charge in [0.15, 0.2) is 0 Å². The number of allylic oxidation sites excluding steroid dienone is 1. The normalized spacial score (nSPS) is 16.5. The second-order valence-corrected chi connectivity index (χ2v) is 12.3. The number of ether oxygens (including phenoxy) is 1. The first-order chi connectivity index (χ1) is 20.5. The van der Waals surface area contributed by atoms with Gasteiger partial charge in [0.25, 0.3) is 0 Å². The summed E-state index contributed by atoms with van der Waals surface area (Å²) in [4.78, 5) is 29.7. The SMILES string of the molecule is Cc1ccc(OCCC(=O)C(Cc2cccc(C3=NCC(Cl)=C3)c2)C(Cc2ccc(N=O)cc2)CC2CCCC2)cc1. The first-order valence-electron chi connectivity index (χ1n) is 15.1. The lowest BCUT2D eigenvalue weighted by Gasteiger charge is -2.29. The van der Waals surface area contributed by atoms with E-state index in [1.54, 1.807) is 12.1 Å². The van der Waals surface area contributed by atoms with Gasteiger partial charge in [0.2, 0.25) is 0 Å². The highest BCUT2D eigenvalue weighted by Crippen LogP contribution is 2.36. The molecule has 2 unspecified atom stereocenters. The van der Waals surface area contributed by atoms with E-state index in [0.29, 0.717) is 37.6 Å². The molecule has 5 rings (SSSR count). The first kappa shape index (κ1) is 29.9. The fourth-order valence-corrected chi connectivity index (χ4v) is 6.54. The Hall–Kier alpha value is -3.57. The second-order valence-electron chi connectivity index (χ2n) is 11.8. The number of benzene rings is 3. The second kappa shape index (κ2) is 14.6. The molecule has 218 valence electrons. The number of ketones is 1. The number of nitrogens with zero attached hydrogens (tertiary/aromatic N) is 2. The van der Waals surface area contributed by atoms with Crippen molar-refractivity contribution < 1.29 is 9.53 Å². The van der Waals surface area contributed by atoms with Gasteiger partial charge in [-0.25, -0.2) is 0 Å². The maximum absolute atomic E-state index is 14.1. The van der Waals surface area contributed by atoms with Crippen molar-refractivity contribution in [3.8, 4) is 5.75 Å². The van der Waals surface area contributed by atoms with E-state index in [-0.39, 0.29) is 17.6 Å². The Morgan fingerprint density at radius 3 is 2.45 bits per heavy atom. The average Bonchev–Trinajstić information content (AvgIpc) is 3.69. The molecule has 1 aliphatic carbocycles. The molecule has 0 bridgehead atoms. The summed E-state index contributed by atoms with van der Waals surface area (Å²) in [6.07, 6.45) is 9.73. The van der Waals surface area contributed by atoms with Crippen LogP contribution in [0, 0.1) is 29.6 Å². The summed E-state index contributed by atoms with van der Waals surface area (Å²) in [7, 11) is 0. The summed E-state index contributed by atoms with van der Waals surface area (Å²) in [5, 5.41) is 3.80. The quantitative estimate of drug-likeness (QED) is 0.178. The van der Waals surface area contributed by atoms with Crippen LogP contribution in [0.2, 0.25) is 0 Å². The van der Waals surface area contributed by atoms with Gasteiger partial charge in [-0.2, -0.15) is 0 Å². The van der Waals surface area contributed by atoms with E-state index in [1.807, 2.05) is 55.5 Å². The van der Waals surface area contributed by atoms with Gasteiger partial charge in [-0.15, -0.1) is 4.91 Å². The molecule has 3 aromatic rings. The van der Waals surface area contributed by atoms with Crippen LogP contribution in [-0.4, -0.2) is 24.6 Å². The molecule has 0 N–H and O–H groups in total. The number of Topliss-reactive ketones (excluding diaryl/α,β-unsaturated/α-hetero) is 1. The predicted octanol–water partition coefficient (Wildman–Crippen LogP) is 8.95. The van der Waals surface area contributed by atoms with Gasteiger partial charge in [-0.3, -0.25) is 9.79 Å². The minimum Gasteiger partial charge on any atom is -0.493 e. The maximum Gasteiger partial charge on any atom is 0.139 e. The molecule has 1 aliphatic heterocycles. The van der Waals surface area contributed by atoms with Crippen LogP contribution in [0.5, 0.6) is 5.75 Å². The Morgan fingerprint density at radius 2 is 1.76 bits per heavy atom. The summed E-state index contributed by atoms with van der Waals surface area (Å²) < 4.78 is 5.99. The summed E-state index contributed by atoms with van der Waals surface area (Å²) >= 11 is 6.21. The van der Waals surface area contributed by atoms with Crippen molar-refractivity contribution in [1.29, 1.82) is 0 Å². The van der Waals surface area contributed by atoms with E-state index >= 15 is 0 Å². The van der Waals surface area contributed by atoms with Crippen LogP contribution in [0.3, 0.4) is 0 Å². The molecular formula is C36H39ClN2O3. The molecule has 2 aliphatic rings. The van der Waals surface area contributed by atoms with Crippen LogP contribution in [0.4, 0.5) is 5.69 Å². The zero-order chi connectivity index (χ0) is 29.3. The molecule has 1 fully saturated rings. The van der Waals surface area contributed by atoms with E-state index in [1.165, 1.54) is 31.2 Å². The number of hydrogen-bond acceptors (Lipinski definition) is 5. The van der Waals surface area contributed by atoms with Crippen LogP contribution in [0.15, 0.2) is 94.1 Å². The fraction of sp³-hybridized carbons (Fsp3) is 0.389. The summed E-state index contributed by atoms with van der Waals surface area (Å²) in [5.74, 6) is 1.68. The molecule has 0 saturated heterocycles. The number of carbonyl (C=O) groups is 1. The highest BCUT2D eigenvalue weighted by Gasteiger charge is 2.31. The van der Waals surface area contributed by atoms with Crippen LogP contribution in [0.1, 0.15) is 60.8 Å². The Labute approximate surface area is 254 Å². The average molecular weight is 583 g/mol. The summed E-state index contributed by atoms with van der Waals surface area (Å²) in [5.41, 5.74) is 5.78. The highest BCUT2D eigenvalue weighted by molar-refractivity contribution is 6.33. The van der Waals surface area contributed by atoms with Crippen LogP contribution < -0.4 is 4.74 Å². The smallest absolute Gasteiger partial charge is 0.139 e. The van der Waals surface area contributed by atoms with Gasteiger partial charge in [0.05, 0.1) is 18.9 Å². The maximum atomic E-state index is 14.1. The topological polar surface area (TPSA) is 68.1 Å². The number of nitroso groups, excluding NO2 is 1. The van der Waals surface area contributed by atoms with E-state index in [0.717, 1.165) is 46.0 Å². The molecule has 1 saturated carbocycles. The van der Waals surface area contributed by atoms with Crippen molar-refractivity contribution in [2.45, 2.75) is 58.3 Å². The highest BCUT2D eigenvalue weighted by atomic mass is 35.5. The minimum atomic E-state index is -0.156. The number of halogens is 1. The third-order valence-electron chi connectivity index (χ3n) is 8.64. The molecule has 0 amide bonds. The van der Waals surface area contributed by atoms with Crippen molar-refractivity contribution in [2.24, 2.45) is 27.9 Å². The lowest BCUT2D eigenvalue weighted by molar-refractivity contribution is -0.125. The number of rotatable bonds is 14. The Balaban J connectivity index is 1.39. The van der Waals surface area contributed by atoms with Gasteiger partial charge in [0.1, 0.15) is 17.2 Å². The van der Waals surface area contributed by atoms with Gasteiger partial charge in [-0.1, -0.05) is 85.3 Å². The Kier molecular flexibility index (Phi) is 10.4. The first-order valence-corrected chi connectivity index (χ1v) is 15.5. The molecule has 6 heteroatoms. The third kappa shape index (κ3) is 8.25. The van der Waals surface area contributed by atoms with Gasteiger partial charge >= 0.3 is 0 Å². The number of aliphatic imine (C=N–C) groups is 1. The van der Waals surface area contributed by atoms with Crippen LogP contribution >= 0.6 is 11.6 Å². The largest absolute Gasteiger partial charge is 0.493 e. The molecule has 3 aromatic carbocycles. The van der Waals surface area contributed by atoms with E-state index in [2.05, 4.69) is 28.4 Å². The lowest BCUT2D eigenvalue weighted by Crippen LogP contribution is -2.30. The molecular weight excluding hydrogens is 544 g/mol. The number of hydrogen-bond donors (Lipinski definition) is 0. The van der Waals surface area contributed by atoms with E-state index in [9.17, 15) is 9.70 Å². The molecule has 5 nitrogen and oxygen atoms in total. The van der Waals surface area contributed by atoms with Crippen molar-refractivity contribution in [3.05, 3.63) is 111 Å². The predicted molar refractivity (Wildman–Crippen MR) is 171 cm³/mol. The summed E-state index contributed by atoms with van der Waals surface area (Å²) in [6.45, 7) is 2.92. The molecule has 42 heavy (non-hydrogen) atoms. The van der Waals surface area contributed by atoms with Crippen LogP contribution in [-0.2, 0) is 17.6 Å². The van der Waals surface area contributed by atoms with Crippen molar-refractivity contribution in [3.63, 3.8) is 0 Å². The minimum absolute atomic E-state index is 0.156. The Bertz CT molecular complexity index is 1420. The standard InChI is InChI=1S/C36H39ClN2O3/c1-25-9-15-33(16-10-25)42-18-17-36(40)34(22-28-7-4-8-29(21-28)35-23-31(37)24-38-35)30(19-26-5-2-3-6-26)20-27-11-13-32(39-41)14-12-27/h4,7-16,21,23,26,30,34H,2-3,5-6,17-20,22,24H2,1H3. The lowest BCUT2D eigenvalue weighted by atomic mass is 9.74. The van der Waals surface area contributed by atoms with E-state index in [4.69, 9.17) is 16.3 Å². The van der Waals surface area contributed by atoms with Gasteiger partial charge < -0.3 is 4.74 Å². The zero-order valence-corrected chi connectivity index (χ0v) is 25.1. The monoisotopic (exact) mass is 582 g/mol. The molecule has 0 aromatic heterocycles. The van der Waals surface area contributed by atoms with Crippen molar-refractivity contribution in [1.82, 2.24) is 0 Å². The van der Waals surface area contributed by atoms with Crippen molar-refractivity contribution in [2.75, 3.05) is 13.2 Å². The molecule has 0 spiro atoms. The van der Waals surface area contributed by atoms with Gasteiger partial charge in [-0.05, 0) is 96.3 Å². The Morgan fingerprint density at radius 1 is 1.00 bits per heavy atom. The van der Waals surface area contributed by atoms with Crippen LogP contribution in [0.25, 0.3) is 0 Å². The number of carbonyl (C=O) groups excluding carboxylic acids is 1. The number of aryl methyl sites for hydroxylation is 1. The third-order valence-corrected chi connectivity index (χ3v) is 8.87. The fourth-order valence-electron chi connectivity index (χ4n) is 6.38. The summed E-state index contributed by atoms with van der Waals surface area (Å²) in [6, 6.07) is 23.8. The molecule has 2 atom stereocenters. The van der Waals surface area contributed by atoms with Crippen molar-refractivity contribution >= 4 is 28.8 Å². The molecule has 1 heterocycles. The molecule has 0 radical (unpaired) electrons.